The van der Waals surface area contributed by atoms with E-state index in [2.05, 4.69) is 56.3 Å². The summed E-state index contributed by atoms with van der Waals surface area (Å²) >= 11 is 0. The molecule has 0 saturated heterocycles. The van der Waals surface area contributed by atoms with Crippen molar-refractivity contribution in [1.29, 1.82) is 0 Å². The van der Waals surface area contributed by atoms with Crippen LogP contribution >= 0.6 is 0 Å². The summed E-state index contributed by atoms with van der Waals surface area (Å²) in [6.07, 6.45) is 12.3. The van der Waals surface area contributed by atoms with E-state index in [9.17, 15) is 0 Å². The molecule has 94 valence electrons. The third-order valence-corrected chi connectivity index (χ3v) is 3.24. The van der Waals surface area contributed by atoms with Gasteiger partial charge in [0.05, 0.1) is 0 Å². The van der Waals surface area contributed by atoms with E-state index in [1.165, 1.54) is 44.1 Å². The molecule has 0 N–H and O–H groups in total. The molecule has 0 aliphatic carbocycles. The minimum atomic E-state index is 0.852. The zero-order valence-electron chi connectivity index (χ0n) is 11.4. The minimum Gasteiger partial charge on any atom is -0.0888 e. The summed E-state index contributed by atoms with van der Waals surface area (Å²) in [5, 5.41) is 0. The number of hydrogen-bond acceptors (Lipinski definition) is 0. The standard InChI is InChI=1S/C17H26/c1-3-4-5-6-8-11-16(2)14-15-17-12-9-7-10-13-17/h4-5,7,9-10,12-13,16H,3,6,8,11,14-15H2,1-2H3/b5-4-/t16-/m0/s1. The number of aryl methyl sites for hydroxylation is 1. The van der Waals surface area contributed by atoms with Gasteiger partial charge in [0.2, 0.25) is 0 Å². The van der Waals surface area contributed by atoms with E-state index in [1.807, 2.05) is 0 Å². The first-order valence-corrected chi connectivity index (χ1v) is 7.02. The van der Waals surface area contributed by atoms with Crippen molar-refractivity contribution in [1.82, 2.24) is 0 Å². The molecule has 1 rings (SSSR count). The fourth-order valence-corrected chi connectivity index (χ4v) is 2.07. The molecule has 0 unspecified atom stereocenters. The van der Waals surface area contributed by atoms with Crippen molar-refractivity contribution in [2.45, 2.75) is 52.4 Å². The van der Waals surface area contributed by atoms with Crippen LogP contribution in [0, 0.1) is 5.92 Å². The Kier molecular flexibility index (Phi) is 7.46. The first kappa shape index (κ1) is 14.0. The predicted octanol–water partition coefficient (Wildman–Crippen LogP) is 5.39. The average Bonchev–Trinajstić information content (AvgIpc) is 2.37. The van der Waals surface area contributed by atoms with Crippen molar-refractivity contribution >= 4 is 0 Å². The number of hydrogen-bond donors (Lipinski definition) is 0. The summed E-state index contributed by atoms with van der Waals surface area (Å²) in [5.41, 5.74) is 1.48. The zero-order chi connectivity index (χ0) is 12.3. The second kappa shape index (κ2) is 9.04. The predicted molar refractivity (Wildman–Crippen MR) is 77.2 cm³/mol. The maximum atomic E-state index is 2.38. The third kappa shape index (κ3) is 6.99. The lowest BCUT2D eigenvalue weighted by Gasteiger charge is -2.10. The van der Waals surface area contributed by atoms with Crippen LogP contribution in [0.5, 0.6) is 0 Å². The van der Waals surface area contributed by atoms with Crippen LogP contribution < -0.4 is 0 Å². The second-order valence-electron chi connectivity index (χ2n) is 4.94. The highest BCUT2D eigenvalue weighted by Crippen LogP contribution is 2.15. The van der Waals surface area contributed by atoms with E-state index in [0.717, 1.165) is 5.92 Å². The van der Waals surface area contributed by atoms with Gasteiger partial charge in [0.1, 0.15) is 0 Å². The number of rotatable bonds is 8. The largest absolute Gasteiger partial charge is 0.0888 e. The highest BCUT2D eigenvalue weighted by molar-refractivity contribution is 5.14. The summed E-state index contributed by atoms with van der Waals surface area (Å²) in [7, 11) is 0. The van der Waals surface area contributed by atoms with Crippen molar-refractivity contribution in [2.75, 3.05) is 0 Å². The lowest BCUT2D eigenvalue weighted by atomic mass is 9.96. The molecule has 0 fully saturated rings. The molecule has 1 aromatic carbocycles. The lowest BCUT2D eigenvalue weighted by Crippen LogP contribution is -1.97. The van der Waals surface area contributed by atoms with Crippen LogP contribution in [0.4, 0.5) is 0 Å². The summed E-state index contributed by atoms with van der Waals surface area (Å²) in [6, 6.07) is 10.8. The Morgan fingerprint density at radius 3 is 2.53 bits per heavy atom. The molecule has 0 saturated carbocycles. The van der Waals surface area contributed by atoms with Gasteiger partial charge >= 0.3 is 0 Å². The van der Waals surface area contributed by atoms with E-state index in [0.29, 0.717) is 0 Å². The molecular formula is C17H26. The van der Waals surface area contributed by atoms with Gasteiger partial charge < -0.3 is 0 Å². The van der Waals surface area contributed by atoms with Crippen LogP contribution in [0.3, 0.4) is 0 Å². The Labute approximate surface area is 107 Å². The van der Waals surface area contributed by atoms with Gasteiger partial charge in [-0.25, -0.2) is 0 Å². The van der Waals surface area contributed by atoms with E-state index in [-0.39, 0.29) is 0 Å². The molecule has 1 aromatic rings. The molecule has 0 nitrogen and oxygen atoms in total. The second-order valence-corrected chi connectivity index (χ2v) is 4.94. The van der Waals surface area contributed by atoms with Crippen molar-refractivity contribution < 1.29 is 0 Å². The fraction of sp³-hybridized carbons (Fsp3) is 0.529. The molecule has 1 atom stereocenters. The van der Waals surface area contributed by atoms with Gasteiger partial charge in [-0.05, 0) is 43.6 Å². The van der Waals surface area contributed by atoms with Crippen LogP contribution in [-0.4, -0.2) is 0 Å². The van der Waals surface area contributed by atoms with Crippen LogP contribution in [0.25, 0.3) is 0 Å². The first-order chi connectivity index (χ1) is 8.33. The highest BCUT2D eigenvalue weighted by atomic mass is 14.1. The molecule has 0 heteroatoms. The van der Waals surface area contributed by atoms with Gasteiger partial charge in [-0.3, -0.25) is 0 Å². The van der Waals surface area contributed by atoms with Crippen LogP contribution in [0.2, 0.25) is 0 Å². The molecular weight excluding hydrogens is 204 g/mol. The van der Waals surface area contributed by atoms with Crippen molar-refractivity contribution in [3.8, 4) is 0 Å². The SMILES string of the molecule is CC/C=C\CCC[C@H](C)CCc1ccccc1. The molecule has 0 bridgehead atoms. The van der Waals surface area contributed by atoms with Crippen molar-refractivity contribution in [2.24, 2.45) is 5.92 Å². The van der Waals surface area contributed by atoms with Gasteiger partial charge in [0.15, 0.2) is 0 Å². The maximum absolute atomic E-state index is 2.38. The minimum absolute atomic E-state index is 0.852. The van der Waals surface area contributed by atoms with Crippen molar-refractivity contribution in [3.05, 3.63) is 48.0 Å². The zero-order valence-corrected chi connectivity index (χ0v) is 11.4. The molecule has 0 aliphatic heterocycles. The summed E-state index contributed by atoms with van der Waals surface area (Å²) < 4.78 is 0. The lowest BCUT2D eigenvalue weighted by molar-refractivity contribution is 0.477. The van der Waals surface area contributed by atoms with Crippen LogP contribution in [0.1, 0.15) is 51.5 Å². The van der Waals surface area contributed by atoms with Gasteiger partial charge in [0.25, 0.3) is 0 Å². The molecule has 0 radical (unpaired) electrons. The molecule has 0 spiro atoms. The smallest absolute Gasteiger partial charge is 0.0276 e. The number of allylic oxidation sites excluding steroid dienone is 2. The monoisotopic (exact) mass is 230 g/mol. The van der Waals surface area contributed by atoms with Gasteiger partial charge in [0, 0.05) is 0 Å². The Hall–Kier alpha value is -1.04. The number of benzene rings is 1. The fourth-order valence-electron chi connectivity index (χ4n) is 2.07. The van der Waals surface area contributed by atoms with Crippen molar-refractivity contribution in [3.63, 3.8) is 0 Å². The number of unbranched alkanes of at least 4 members (excludes halogenated alkanes) is 1. The molecule has 17 heavy (non-hydrogen) atoms. The maximum Gasteiger partial charge on any atom is -0.0276 e. The summed E-state index contributed by atoms with van der Waals surface area (Å²) in [4.78, 5) is 0. The highest BCUT2D eigenvalue weighted by Gasteiger charge is 2.01. The molecule has 0 heterocycles. The summed E-state index contributed by atoms with van der Waals surface area (Å²) in [6.45, 7) is 4.57. The Bertz CT molecular complexity index is 297. The van der Waals surface area contributed by atoms with E-state index in [4.69, 9.17) is 0 Å². The first-order valence-electron chi connectivity index (χ1n) is 7.02. The average molecular weight is 230 g/mol. The molecule has 0 aliphatic rings. The normalized spacial score (nSPS) is 13.1. The van der Waals surface area contributed by atoms with Gasteiger partial charge in [-0.1, -0.05) is 62.8 Å². The Balaban J connectivity index is 2.09. The third-order valence-electron chi connectivity index (χ3n) is 3.24. The summed E-state index contributed by atoms with van der Waals surface area (Å²) in [5.74, 6) is 0.852. The topological polar surface area (TPSA) is 0 Å². The quantitative estimate of drug-likeness (QED) is 0.415. The Morgan fingerprint density at radius 2 is 1.82 bits per heavy atom. The van der Waals surface area contributed by atoms with E-state index < -0.39 is 0 Å². The Morgan fingerprint density at radius 1 is 1.06 bits per heavy atom. The van der Waals surface area contributed by atoms with Gasteiger partial charge in [-0.15, -0.1) is 0 Å². The molecule has 0 aromatic heterocycles. The van der Waals surface area contributed by atoms with E-state index in [1.54, 1.807) is 0 Å². The van der Waals surface area contributed by atoms with Crippen LogP contribution in [0.15, 0.2) is 42.5 Å². The van der Waals surface area contributed by atoms with Crippen LogP contribution in [-0.2, 0) is 6.42 Å². The van der Waals surface area contributed by atoms with E-state index >= 15 is 0 Å². The molecule has 0 amide bonds. The van der Waals surface area contributed by atoms with Gasteiger partial charge in [-0.2, -0.15) is 0 Å².